The average Bonchev–Trinajstić information content (AvgIpc) is 2.12. The summed E-state index contributed by atoms with van der Waals surface area (Å²) in [4.78, 5) is 20.8. The van der Waals surface area contributed by atoms with Crippen LogP contribution >= 0.6 is 0 Å². The number of hydrogen-bond donors (Lipinski definition) is 1. The molecule has 1 unspecified atom stereocenters. The van der Waals surface area contributed by atoms with E-state index in [-0.39, 0.29) is 5.91 Å². The number of carbonyl (C=O) groups is 2. The molecule has 3 nitrogen and oxygen atoms in total. The zero-order valence-corrected chi connectivity index (χ0v) is 8.51. The predicted molar refractivity (Wildman–Crippen MR) is 52.1 cm³/mol. The molecule has 2 amide bonds. The van der Waals surface area contributed by atoms with Gasteiger partial charge in [-0.1, -0.05) is 33.1 Å². The Labute approximate surface area is 79.9 Å². The maximum Gasteiger partial charge on any atom is 0.226 e. The van der Waals surface area contributed by atoms with Crippen molar-refractivity contribution >= 4 is 12.3 Å². The van der Waals surface area contributed by atoms with Gasteiger partial charge < -0.3 is 0 Å². The van der Waals surface area contributed by atoms with Crippen molar-refractivity contribution < 1.29 is 9.59 Å². The molecule has 0 aliphatic rings. The topological polar surface area (TPSA) is 46.2 Å². The van der Waals surface area contributed by atoms with E-state index in [4.69, 9.17) is 0 Å². The second-order valence-electron chi connectivity index (χ2n) is 3.47. The van der Waals surface area contributed by atoms with E-state index in [1.165, 1.54) is 19.3 Å². The fraction of sp³-hybridized carbons (Fsp3) is 0.800. The molecule has 0 bridgehead atoms. The van der Waals surface area contributed by atoms with Crippen molar-refractivity contribution in [2.45, 2.75) is 46.0 Å². The third-order valence-corrected chi connectivity index (χ3v) is 2.13. The predicted octanol–water partition coefficient (Wildman–Crippen LogP) is 1.87. The van der Waals surface area contributed by atoms with Gasteiger partial charge in [-0.2, -0.15) is 0 Å². The zero-order chi connectivity index (χ0) is 10.1. The number of rotatable bonds is 7. The molecule has 0 saturated carbocycles. The van der Waals surface area contributed by atoms with Crippen LogP contribution in [0.25, 0.3) is 0 Å². The van der Waals surface area contributed by atoms with Crippen molar-refractivity contribution in [2.24, 2.45) is 5.92 Å². The van der Waals surface area contributed by atoms with Crippen LogP contribution in [0, 0.1) is 5.92 Å². The Bertz CT molecular complexity index is 157. The highest BCUT2D eigenvalue weighted by Gasteiger charge is 2.05. The minimum atomic E-state index is -0.168. The summed E-state index contributed by atoms with van der Waals surface area (Å²) in [7, 11) is 0. The second-order valence-corrected chi connectivity index (χ2v) is 3.47. The molecule has 13 heavy (non-hydrogen) atoms. The maximum absolute atomic E-state index is 10.9. The quantitative estimate of drug-likeness (QED) is 0.615. The van der Waals surface area contributed by atoms with Gasteiger partial charge in [0.15, 0.2) is 0 Å². The van der Waals surface area contributed by atoms with Crippen molar-refractivity contribution in [3.8, 4) is 0 Å². The largest absolute Gasteiger partial charge is 0.299 e. The number of amides is 2. The highest BCUT2D eigenvalue weighted by atomic mass is 16.2. The minimum Gasteiger partial charge on any atom is -0.299 e. The molecule has 0 aliphatic heterocycles. The summed E-state index contributed by atoms with van der Waals surface area (Å²) < 4.78 is 0. The van der Waals surface area contributed by atoms with Gasteiger partial charge >= 0.3 is 0 Å². The normalized spacial score (nSPS) is 12.2. The Kier molecular flexibility index (Phi) is 7.26. The minimum absolute atomic E-state index is 0.168. The van der Waals surface area contributed by atoms with Gasteiger partial charge in [-0.15, -0.1) is 0 Å². The molecule has 0 rings (SSSR count). The summed E-state index contributed by atoms with van der Waals surface area (Å²) >= 11 is 0. The Balaban J connectivity index is 3.39. The van der Waals surface area contributed by atoms with Crippen LogP contribution < -0.4 is 5.32 Å². The van der Waals surface area contributed by atoms with Crippen LogP contribution in [0.15, 0.2) is 0 Å². The standard InChI is InChI=1S/C10H19NO2/c1-3-4-5-9(2)6-7-10(13)11-8-12/h8-9H,3-7H2,1-2H3,(H,11,12,13). The first kappa shape index (κ1) is 12.1. The van der Waals surface area contributed by atoms with Gasteiger partial charge in [0.05, 0.1) is 0 Å². The summed E-state index contributed by atoms with van der Waals surface area (Å²) in [6.07, 6.45) is 5.37. The molecule has 0 aliphatic carbocycles. The molecule has 1 N–H and O–H groups in total. The van der Waals surface area contributed by atoms with Crippen molar-refractivity contribution in [1.82, 2.24) is 5.32 Å². The van der Waals surface area contributed by atoms with Crippen LogP contribution in [0.1, 0.15) is 46.0 Å². The fourth-order valence-electron chi connectivity index (χ4n) is 1.21. The first-order valence-corrected chi connectivity index (χ1v) is 4.93. The molecule has 1 atom stereocenters. The number of hydrogen-bond acceptors (Lipinski definition) is 2. The molecule has 0 radical (unpaired) electrons. The molecule has 3 heteroatoms. The van der Waals surface area contributed by atoms with Gasteiger partial charge in [0.2, 0.25) is 12.3 Å². The molecule has 0 aromatic heterocycles. The van der Waals surface area contributed by atoms with E-state index in [1.807, 2.05) is 0 Å². The number of carbonyl (C=O) groups excluding carboxylic acids is 2. The molecule has 0 fully saturated rings. The first-order chi connectivity index (χ1) is 6.20. The summed E-state index contributed by atoms with van der Waals surface area (Å²) in [6, 6.07) is 0. The Morgan fingerprint density at radius 3 is 2.69 bits per heavy atom. The van der Waals surface area contributed by atoms with Crippen LogP contribution in [-0.4, -0.2) is 12.3 Å². The molecule has 0 spiro atoms. The zero-order valence-electron chi connectivity index (χ0n) is 8.51. The molecule has 0 aromatic carbocycles. The average molecular weight is 185 g/mol. The van der Waals surface area contributed by atoms with Crippen molar-refractivity contribution in [2.75, 3.05) is 0 Å². The smallest absolute Gasteiger partial charge is 0.226 e. The van der Waals surface area contributed by atoms with Gasteiger partial charge in [-0.3, -0.25) is 14.9 Å². The van der Waals surface area contributed by atoms with E-state index in [2.05, 4.69) is 19.2 Å². The van der Waals surface area contributed by atoms with Gasteiger partial charge in [0.25, 0.3) is 0 Å². The van der Waals surface area contributed by atoms with Crippen LogP contribution in [0.4, 0.5) is 0 Å². The Morgan fingerprint density at radius 1 is 1.46 bits per heavy atom. The Hall–Kier alpha value is -0.860. The van der Waals surface area contributed by atoms with E-state index >= 15 is 0 Å². The van der Waals surface area contributed by atoms with Crippen LogP contribution in [-0.2, 0) is 9.59 Å². The lowest BCUT2D eigenvalue weighted by molar-refractivity contribution is -0.125. The highest BCUT2D eigenvalue weighted by molar-refractivity contribution is 5.85. The van der Waals surface area contributed by atoms with E-state index in [1.54, 1.807) is 0 Å². The van der Waals surface area contributed by atoms with E-state index < -0.39 is 0 Å². The third kappa shape index (κ3) is 7.50. The van der Waals surface area contributed by atoms with Crippen LogP contribution in [0.2, 0.25) is 0 Å². The number of unbranched alkanes of at least 4 members (excludes halogenated alkanes) is 1. The van der Waals surface area contributed by atoms with Crippen LogP contribution in [0.5, 0.6) is 0 Å². The van der Waals surface area contributed by atoms with E-state index in [9.17, 15) is 9.59 Å². The third-order valence-electron chi connectivity index (χ3n) is 2.13. The highest BCUT2D eigenvalue weighted by Crippen LogP contribution is 2.13. The molecule has 0 aromatic rings. The van der Waals surface area contributed by atoms with E-state index in [0.717, 1.165) is 6.42 Å². The number of imide groups is 1. The lowest BCUT2D eigenvalue weighted by Gasteiger charge is -2.08. The molecular formula is C10H19NO2. The van der Waals surface area contributed by atoms with Gasteiger partial charge in [0.1, 0.15) is 0 Å². The molecular weight excluding hydrogens is 166 g/mol. The summed E-state index contributed by atoms with van der Waals surface area (Å²) in [5.74, 6) is 0.413. The SMILES string of the molecule is CCCCC(C)CCC(=O)NC=O. The lowest BCUT2D eigenvalue weighted by Crippen LogP contribution is -2.21. The van der Waals surface area contributed by atoms with Crippen molar-refractivity contribution in [1.29, 1.82) is 0 Å². The van der Waals surface area contributed by atoms with Gasteiger partial charge in [-0.05, 0) is 12.3 Å². The lowest BCUT2D eigenvalue weighted by atomic mass is 9.99. The first-order valence-electron chi connectivity index (χ1n) is 4.93. The summed E-state index contributed by atoms with van der Waals surface area (Å²) in [5.41, 5.74) is 0. The molecule has 76 valence electrons. The van der Waals surface area contributed by atoms with Gasteiger partial charge in [-0.25, -0.2) is 0 Å². The summed E-state index contributed by atoms with van der Waals surface area (Å²) in [6.45, 7) is 4.30. The maximum atomic E-state index is 10.9. The second kappa shape index (κ2) is 7.77. The van der Waals surface area contributed by atoms with E-state index in [0.29, 0.717) is 18.7 Å². The monoisotopic (exact) mass is 185 g/mol. The fourth-order valence-corrected chi connectivity index (χ4v) is 1.21. The van der Waals surface area contributed by atoms with Crippen molar-refractivity contribution in [3.05, 3.63) is 0 Å². The Morgan fingerprint density at radius 2 is 2.15 bits per heavy atom. The summed E-state index contributed by atoms with van der Waals surface area (Å²) in [5, 5.41) is 2.14. The number of nitrogens with one attached hydrogen (secondary N) is 1. The van der Waals surface area contributed by atoms with Crippen LogP contribution in [0.3, 0.4) is 0 Å². The molecule has 0 heterocycles. The van der Waals surface area contributed by atoms with Gasteiger partial charge in [0, 0.05) is 6.42 Å². The molecule has 0 saturated heterocycles. The van der Waals surface area contributed by atoms with Crippen molar-refractivity contribution in [3.63, 3.8) is 0 Å².